The Kier molecular flexibility index (Phi) is 5.64. The fourth-order valence-electron chi connectivity index (χ4n) is 2.90. The van der Waals surface area contributed by atoms with E-state index in [1.54, 1.807) is 4.90 Å². The number of anilines is 1. The van der Waals surface area contributed by atoms with Gasteiger partial charge in [-0.05, 0) is 52.2 Å². The molecule has 5 heteroatoms. The van der Waals surface area contributed by atoms with E-state index in [9.17, 15) is 9.59 Å². The van der Waals surface area contributed by atoms with Gasteiger partial charge in [0.1, 0.15) is 0 Å². The van der Waals surface area contributed by atoms with E-state index in [0.717, 1.165) is 24.1 Å². The van der Waals surface area contributed by atoms with Crippen LogP contribution in [-0.4, -0.2) is 36.0 Å². The number of likely N-dealkylation sites (tertiary alicyclic amines) is 1. The van der Waals surface area contributed by atoms with Crippen LogP contribution in [-0.2, 0) is 4.79 Å². The summed E-state index contributed by atoms with van der Waals surface area (Å²) < 4.78 is 0. The molecule has 5 nitrogen and oxygen atoms in total. The summed E-state index contributed by atoms with van der Waals surface area (Å²) in [5.41, 5.74) is 3.09. The number of rotatable bonds is 3. The third-order valence-electron chi connectivity index (χ3n) is 4.13. The van der Waals surface area contributed by atoms with E-state index < -0.39 is 0 Å². The van der Waals surface area contributed by atoms with Crippen molar-refractivity contribution in [2.45, 2.75) is 46.6 Å². The predicted molar refractivity (Wildman–Crippen MR) is 92.5 cm³/mol. The van der Waals surface area contributed by atoms with Crippen molar-refractivity contribution in [3.8, 4) is 0 Å². The lowest BCUT2D eigenvalue weighted by atomic mass is 9.97. The van der Waals surface area contributed by atoms with Crippen molar-refractivity contribution in [1.29, 1.82) is 0 Å². The zero-order chi connectivity index (χ0) is 17.0. The standard InChI is InChI=1S/C18H27N3O2/c1-12(2)19-18(23)21-9-5-6-15(11-21)17(22)20-16-8-7-13(3)10-14(16)4/h7-8,10,12,15H,5-6,9,11H2,1-4H3,(H,19,23)(H,20,22)/t15-/m1/s1. The first-order valence-electron chi connectivity index (χ1n) is 8.30. The molecular formula is C18H27N3O2. The summed E-state index contributed by atoms with van der Waals surface area (Å²) >= 11 is 0. The first-order chi connectivity index (χ1) is 10.9. The summed E-state index contributed by atoms with van der Waals surface area (Å²) in [5, 5.41) is 5.90. The average Bonchev–Trinajstić information content (AvgIpc) is 2.49. The molecule has 1 aromatic rings. The number of hydrogen-bond acceptors (Lipinski definition) is 2. The second-order valence-electron chi connectivity index (χ2n) is 6.70. The Balaban J connectivity index is 1.97. The van der Waals surface area contributed by atoms with E-state index in [0.29, 0.717) is 13.1 Å². The molecule has 0 radical (unpaired) electrons. The van der Waals surface area contributed by atoms with E-state index in [2.05, 4.69) is 16.7 Å². The summed E-state index contributed by atoms with van der Waals surface area (Å²) in [6.45, 7) is 9.09. The lowest BCUT2D eigenvalue weighted by Crippen LogP contribution is -2.49. The van der Waals surface area contributed by atoms with Gasteiger partial charge in [0.25, 0.3) is 0 Å². The van der Waals surface area contributed by atoms with Gasteiger partial charge in [-0.3, -0.25) is 4.79 Å². The topological polar surface area (TPSA) is 61.4 Å². The molecule has 3 amide bonds. The molecule has 1 atom stereocenters. The van der Waals surface area contributed by atoms with Crippen LogP contribution in [0.15, 0.2) is 18.2 Å². The van der Waals surface area contributed by atoms with Crippen LogP contribution in [0, 0.1) is 19.8 Å². The van der Waals surface area contributed by atoms with Crippen molar-refractivity contribution < 1.29 is 9.59 Å². The molecule has 1 aromatic carbocycles. The van der Waals surface area contributed by atoms with Crippen LogP contribution in [0.25, 0.3) is 0 Å². The van der Waals surface area contributed by atoms with Gasteiger partial charge < -0.3 is 15.5 Å². The molecule has 126 valence electrons. The van der Waals surface area contributed by atoms with Gasteiger partial charge in [0.2, 0.25) is 5.91 Å². The average molecular weight is 317 g/mol. The quantitative estimate of drug-likeness (QED) is 0.900. The monoisotopic (exact) mass is 317 g/mol. The number of urea groups is 1. The number of aryl methyl sites for hydroxylation is 2. The molecule has 1 saturated heterocycles. The fourth-order valence-corrected chi connectivity index (χ4v) is 2.90. The molecule has 1 heterocycles. The van der Waals surface area contributed by atoms with E-state index in [1.165, 1.54) is 5.56 Å². The van der Waals surface area contributed by atoms with Gasteiger partial charge in [-0.1, -0.05) is 17.7 Å². The van der Waals surface area contributed by atoms with Crippen LogP contribution in [0.2, 0.25) is 0 Å². The summed E-state index contributed by atoms with van der Waals surface area (Å²) in [5.74, 6) is -0.152. The third kappa shape index (κ3) is 4.71. The molecule has 0 bridgehead atoms. The Morgan fingerprint density at radius 1 is 1.26 bits per heavy atom. The second-order valence-corrected chi connectivity index (χ2v) is 6.70. The maximum Gasteiger partial charge on any atom is 0.317 e. The highest BCUT2D eigenvalue weighted by atomic mass is 16.2. The number of benzene rings is 1. The number of carbonyl (C=O) groups is 2. The zero-order valence-corrected chi connectivity index (χ0v) is 14.5. The van der Waals surface area contributed by atoms with Crippen molar-refractivity contribution in [3.63, 3.8) is 0 Å². The molecule has 0 aromatic heterocycles. The minimum absolute atomic E-state index is 0.000926. The number of nitrogens with zero attached hydrogens (tertiary/aromatic N) is 1. The van der Waals surface area contributed by atoms with Gasteiger partial charge in [0.05, 0.1) is 5.92 Å². The molecule has 23 heavy (non-hydrogen) atoms. The summed E-state index contributed by atoms with van der Waals surface area (Å²) in [7, 11) is 0. The van der Waals surface area contributed by atoms with Crippen molar-refractivity contribution >= 4 is 17.6 Å². The molecular weight excluding hydrogens is 290 g/mol. The van der Waals surface area contributed by atoms with Gasteiger partial charge in [0, 0.05) is 24.8 Å². The maximum absolute atomic E-state index is 12.5. The first-order valence-corrected chi connectivity index (χ1v) is 8.30. The number of nitrogens with one attached hydrogen (secondary N) is 2. The molecule has 0 spiro atoms. The highest BCUT2D eigenvalue weighted by Gasteiger charge is 2.28. The fraction of sp³-hybridized carbons (Fsp3) is 0.556. The SMILES string of the molecule is Cc1ccc(NC(=O)[C@@H]2CCCN(C(=O)NC(C)C)C2)c(C)c1. The minimum Gasteiger partial charge on any atom is -0.336 e. The van der Waals surface area contributed by atoms with Gasteiger partial charge in [0.15, 0.2) is 0 Å². The molecule has 1 aliphatic rings. The summed E-state index contributed by atoms with van der Waals surface area (Å²) in [6.07, 6.45) is 1.68. The molecule has 2 N–H and O–H groups in total. The highest BCUT2D eigenvalue weighted by molar-refractivity contribution is 5.93. The number of amides is 3. The molecule has 1 aliphatic heterocycles. The summed E-state index contributed by atoms with van der Waals surface area (Å²) in [4.78, 5) is 26.4. The predicted octanol–water partition coefficient (Wildman–Crippen LogP) is 3.07. The Morgan fingerprint density at radius 2 is 2.00 bits per heavy atom. The number of piperidine rings is 1. The maximum atomic E-state index is 12.5. The Hall–Kier alpha value is -2.04. The molecule has 0 saturated carbocycles. The van der Waals surface area contributed by atoms with Gasteiger partial charge >= 0.3 is 6.03 Å². The van der Waals surface area contributed by atoms with Gasteiger partial charge in [-0.15, -0.1) is 0 Å². The van der Waals surface area contributed by atoms with Crippen LogP contribution in [0.3, 0.4) is 0 Å². The normalized spacial score (nSPS) is 18.0. The van der Waals surface area contributed by atoms with Crippen LogP contribution in [0.1, 0.15) is 37.8 Å². The van der Waals surface area contributed by atoms with Gasteiger partial charge in [-0.2, -0.15) is 0 Å². The Labute approximate surface area is 138 Å². The Morgan fingerprint density at radius 3 is 2.65 bits per heavy atom. The van der Waals surface area contributed by atoms with E-state index in [-0.39, 0.29) is 23.9 Å². The highest BCUT2D eigenvalue weighted by Crippen LogP contribution is 2.21. The lowest BCUT2D eigenvalue weighted by molar-refractivity contribution is -0.121. The lowest BCUT2D eigenvalue weighted by Gasteiger charge is -2.32. The van der Waals surface area contributed by atoms with Gasteiger partial charge in [-0.25, -0.2) is 4.79 Å². The van der Waals surface area contributed by atoms with Crippen molar-refractivity contribution in [2.24, 2.45) is 5.92 Å². The molecule has 2 rings (SSSR count). The van der Waals surface area contributed by atoms with Crippen LogP contribution in [0.4, 0.5) is 10.5 Å². The van der Waals surface area contributed by atoms with Crippen molar-refractivity contribution in [2.75, 3.05) is 18.4 Å². The largest absolute Gasteiger partial charge is 0.336 e. The zero-order valence-electron chi connectivity index (χ0n) is 14.5. The number of carbonyl (C=O) groups excluding carboxylic acids is 2. The summed E-state index contributed by atoms with van der Waals surface area (Å²) in [6, 6.07) is 6.01. The molecule has 0 aliphatic carbocycles. The third-order valence-corrected chi connectivity index (χ3v) is 4.13. The van der Waals surface area contributed by atoms with E-state index in [1.807, 2.05) is 39.8 Å². The van der Waals surface area contributed by atoms with E-state index >= 15 is 0 Å². The Bertz CT molecular complexity index is 584. The number of hydrogen-bond donors (Lipinski definition) is 2. The van der Waals surface area contributed by atoms with Crippen LogP contribution >= 0.6 is 0 Å². The minimum atomic E-state index is -0.151. The van der Waals surface area contributed by atoms with Crippen molar-refractivity contribution in [3.05, 3.63) is 29.3 Å². The molecule has 0 unspecified atom stereocenters. The second kappa shape index (κ2) is 7.49. The van der Waals surface area contributed by atoms with Crippen molar-refractivity contribution in [1.82, 2.24) is 10.2 Å². The molecule has 1 fully saturated rings. The smallest absolute Gasteiger partial charge is 0.317 e. The van der Waals surface area contributed by atoms with Crippen LogP contribution < -0.4 is 10.6 Å². The van der Waals surface area contributed by atoms with E-state index in [4.69, 9.17) is 0 Å². The van der Waals surface area contributed by atoms with Crippen LogP contribution in [0.5, 0.6) is 0 Å². The first kappa shape index (κ1) is 17.3.